The van der Waals surface area contributed by atoms with E-state index in [1.807, 2.05) is 7.05 Å². The van der Waals surface area contributed by atoms with Gasteiger partial charge in [0, 0.05) is 0 Å². The van der Waals surface area contributed by atoms with Gasteiger partial charge in [0.25, 0.3) is 0 Å². The van der Waals surface area contributed by atoms with Gasteiger partial charge < -0.3 is 10.1 Å². The summed E-state index contributed by atoms with van der Waals surface area (Å²) in [6.07, 6.45) is 6.81. The largest absolute Gasteiger partial charge is 0.374 e. The summed E-state index contributed by atoms with van der Waals surface area (Å²) in [5, 5.41) is 3.24. The molecule has 98 valence electrons. The third-order valence-corrected chi connectivity index (χ3v) is 4.33. The molecule has 2 aliphatic carbocycles. The van der Waals surface area contributed by atoms with Crippen LogP contribution in [0.3, 0.4) is 0 Å². The van der Waals surface area contributed by atoms with Gasteiger partial charge in [-0.15, -0.1) is 0 Å². The van der Waals surface area contributed by atoms with E-state index in [2.05, 4.69) is 23.5 Å². The highest BCUT2D eigenvalue weighted by Crippen LogP contribution is 2.30. The summed E-state index contributed by atoms with van der Waals surface area (Å²) < 4.78 is 5.97. The number of ether oxygens (including phenoxy) is 1. The van der Waals surface area contributed by atoms with Crippen LogP contribution < -0.4 is 5.32 Å². The number of hydrogen-bond acceptors (Lipinski definition) is 2. The van der Waals surface area contributed by atoms with Crippen LogP contribution in [0.25, 0.3) is 0 Å². The Kier molecular flexibility index (Phi) is 3.67. The van der Waals surface area contributed by atoms with Gasteiger partial charge in [-0.2, -0.15) is 0 Å². The Morgan fingerprint density at radius 2 is 2.06 bits per heavy atom. The summed E-state index contributed by atoms with van der Waals surface area (Å²) in [5.74, 6) is 0.833. The summed E-state index contributed by atoms with van der Waals surface area (Å²) in [6, 6.07) is 6.89. The maximum absolute atomic E-state index is 5.97. The summed E-state index contributed by atoms with van der Waals surface area (Å²) >= 11 is 0. The molecule has 0 aliphatic heterocycles. The summed E-state index contributed by atoms with van der Waals surface area (Å²) in [4.78, 5) is 0. The highest BCUT2D eigenvalue weighted by Gasteiger charge is 2.29. The second kappa shape index (κ2) is 5.41. The highest BCUT2D eigenvalue weighted by atomic mass is 16.5. The van der Waals surface area contributed by atoms with Crippen LogP contribution in [0.15, 0.2) is 18.2 Å². The van der Waals surface area contributed by atoms with E-state index in [1.165, 1.54) is 37.7 Å². The number of nitrogens with one attached hydrogen (secondary N) is 1. The number of aryl methyl sites for hydroxylation is 2. The first-order valence-corrected chi connectivity index (χ1v) is 7.22. The summed E-state index contributed by atoms with van der Waals surface area (Å²) in [5.41, 5.74) is 4.46. The molecule has 1 saturated carbocycles. The molecular formula is C16H23NO. The smallest absolute Gasteiger partial charge is 0.0720 e. The zero-order valence-corrected chi connectivity index (χ0v) is 11.2. The maximum atomic E-state index is 5.97. The average molecular weight is 245 g/mol. The van der Waals surface area contributed by atoms with Gasteiger partial charge in [0.15, 0.2) is 0 Å². The van der Waals surface area contributed by atoms with Crippen molar-refractivity contribution in [3.05, 3.63) is 34.9 Å². The normalized spacial score (nSPS) is 25.8. The van der Waals surface area contributed by atoms with Crippen molar-refractivity contribution in [2.75, 3.05) is 13.6 Å². The SMILES string of the molecule is CNCC1CC(OCc2ccc3c(c2)CCC3)C1. The van der Waals surface area contributed by atoms with Crippen molar-refractivity contribution in [1.29, 1.82) is 0 Å². The minimum atomic E-state index is 0.497. The van der Waals surface area contributed by atoms with E-state index in [9.17, 15) is 0 Å². The van der Waals surface area contributed by atoms with E-state index < -0.39 is 0 Å². The molecule has 0 unspecified atom stereocenters. The molecule has 0 bridgehead atoms. The van der Waals surface area contributed by atoms with Crippen molar-refractivity contribution >= 4 is 0 Å². The molecule has 2 heteroatoms. The predicted molar refractivity (Wildman–Crippen MR) is 73.7 cm³/mol. The van der Waals surface area contributed by atoms with Crippen LogP contribution in [-0.4, -0.2) is 19.7 Å². The van der Waals surface area contributed by atoms with Gasteiger partial charge in [0.05, 0.1) is 12.7 Å². The molecule has 1 aromatic rings. The molecule has 3 rings (SSSR count). The van der Waals surface area contributed by atoms with Crippen molar-refractivity contribution in [1.82, 2.24) is 5.32 Å². The molecule has 18 heavy (non-hydrogen) atoms. The van der Waals surface area contributed by atoms with Crippen molar-refractivity contribution < 1.29 is 4.74 Å². The molecule has 0 radical (unpaired) electrons. The maximum Gasteiger partial charge on any atom is 0.0720 e. The van der Waals surface area contributed by atoms with Crippen LogP contribution in [0.4, 0.5) is 0 Å². The van der Waals surface area contributed by atoms with Gasteiger partial charge in [-0.3, -0.25) is 0 Å². The average Bonchev–Trinajstić information content (AvgIpc) is 2.79. The number of rotatable bonds is 5. The van der Waals surface area contributed by atoms with E-state index >= 15 is 0 Å². The molecule has 0 heterocycles. The Morgan fingerprint density at radius 1 is 1.22 bits per heavy atom. The van der Waals surface area contributed by atoms with E-state index in [0.29, 0.717) is 6.10 Å². The molecule has 2 aliphatic rings. The first kappa shape index (κ1) is 12.2. The van der Waals surface area contributed by atoms with Crippen LogP contribution in [-0.2, 0) is 24.2 Å². The van der Waals surface area contributed by atoms with Crippen molar-refractivity contribution in [3.8, 4) is 0 Å². The summed E-state index contributed by atoms with van der Waals surface area (Å²) in [7, 11) is 2.03. The Morgan fingerprint density at radius 3 is 2.89 bits per heavy atom. The molecule has 0 aromatic heterocycles. The van der Waals surface area contributed by atoms with Crippen LogP contribution in [0.5, 0.6) is 0 Å². The fourth-order valence-electron chi connectivity index (χ4n) is 3.19. The Labute approximate surface area is 110 Å². The van der Waals surface area contributed by atoms with E-state index in [-0.39, 0.29) is 0 Å². The van der Waals surface area contributed by atoms with E-state index in [4.69, 9.17) is 4.74 Å². The lowest BCUT2D eigenvalue weighted by molar-refractivity contribution is -0.0391. The van der Waals surface area contributed by atoms with Crippen molar-refractivity contribution in [2.24, 2.45) is 5.92 Å². The lowest BCUT2D eigenvalue weighted by atomic mass is 9.82. The second-order valence-corrected chi connectivity index (χ2v) is 5.78. The fourth-order valence-corrected chi connectivity index (χ4v) is 3.19. The molecule has 2 nitrogen and oxygen atoms in total. The van der Waals surface area contributed by atoms with Crippen molar-refractivity contribution in [2.45, 2.75) is 44.8 Å². The minimum Gasteiger partial charge on any atom is -0.374 e. The molecule has 0 saturated heterocycles. The minimum absolute atomic E-state index is 0.497. The van der Waals surface area contributed by atoms with Crippen LogP contribution >= 0.6 is 0 Å². The number of benzene rings is 1. The van der Waals surface area contributed by atoms with Gasteiger partial charge in [-0.25, -0.2) is 0 Å². The highest BCUT2D eigenvalue weighted by molar-refractivity contribution is 5.35. The first-order chi connectivity index (χ1) is 8.85. The van der Waals surface area contributed by atoms with Crippen LogP contribution in [0.2, 0.25) is 0 Å². The quantitative estimate of drug-likeness (QED) is 0.861. The first-order valence-electron chi connectivity index (χ1n) is 7.22. The number of hydrogen-bond donors (Lipinski definition) is 1. The van der Waals surface area contributed by atoms with Gasteiger partial charge in [0.2, 0.25) is 0 Å². The van der Waals surface area contributed by atoms with Gasteiger partial charge >= 0.3 is 0 Å². The fraction of sp³-hybridized carbons (Fsp3) is 0.625. The Bertz CT molecular complexity index is 410. The molecule has 1 N–H and O–H groups in total. The van der Waals surface area contributed by atoms with Crippen LogP contribution in [0.1, 0.15) is 36.0 Å². The Hall–Kier alpha value is -0.860. The second-order valence-electron chi connectivity index (χ2n) is 5.78. The van der Waals surface area contributed by atoms with E-state index in [0.717, 1.165) is 19.1 Å². The molecule has 1 fully saturated rings. The van der Waals surface area contributed by atoms with Crippen molar-refractivity contribution in [3.63, 3.8) is 0 Å². The molecule has 0 spiro atoms. The monoisotopic (exact) mass is 245 g/mol. The predicted octanol–water partition coefficient (Wildman–Crippen LogP) is 2.69. The standard InChI is InChI=1S/C16H23NO/c1-17-10-13-8-16(9-13)18-11-12-5-6-14-3-2-4-15(14)7-12/h5-7,13,16-17H,2-4,8-11H2,1H3. The summed E-state index contributed by atoms with van der Waals surface area (Å²) in [6.45, 7) is 1.93. The topological polar surface area (TPSA) is 21.3 Å². The number of fused-ring (bicyclic) bond motifs is 1. The van der Waals surface area contributed by atoms with Gasteiger partial charge in [-0.1, -0.05) is 18.2 Å². The van der Waals surface area contributed by atoms with Crippen LogP contribution in [0, 0.1) is 5.92 Å². The zero-order chi connectivity index (χ0) is 12.4. The molecule has 0 atom stereocenters. The lowest BCUT2D eigenvalue weighted by Crippen LogP contribution is -2.36. The molecule has 0 amide bonds. The third-order valence-electron chi connectivity index (χ3n) is 4.33. The molecule has 1 aromatic carbocycles. The van der Waals surface area contributed by atoms with Gasteiger partial charge in [0.1, 0.15) is 0 Å². The zero-order valence-electron chi connectivity index (χ0n) is 11.2. The molecular weight excluding hydrogens is 222 g/mol. The Balaban J connectivity index is 1.47. The van der Waals surface area contributed by atoms with Gasteiger partial charge in [-0.05, 0) is 68.3 Å². The van der Waals surface area contributed by atoms with E-state index in [1.54, 1.807) is 11.1 Å². The third kappa shape index (κ3) is 2.60. The lowest BCUT2D eigenvalue weighted by Gasteiger charge is -2.35.